The number of carboxylic acids is 1. The summed E-state index contributed by atoms with van der Waals surface area (Å²) in [6, 6.07) is -1.68. The molecule has 9 unspecified atom stereocenters. The molecule has 0 aliphatic heterocycles. The van der Waals surface area contributed by atoms with Gasteiger partial charge in [0.25, 0.3) is 7.82 Å². The molecule has 0 radical (unpaired) electrons. The smallest absolute Gasteiger partial charge is 0.756 e. The number of nitrogens with two attached hydrogens (primary N) is 1. The summed E-state index contributed by atoms with van der Waals surface area (Å²) >= 11 is 0. The molecule has 344 valence electrons. The largest absolute Gasteiger partial charge is 1.00 e. The van der Waals surface area contributed by atoms with Gasteiger partial charge in [-0.25, -0.2) is 0 Å². The maximum atomic E-state index is 13.0. The minimum atomic E-state index is -5.02. The van der Waals surface area contributed by atoms with E-state index in [0.29, 0.717) is 11.8 Å². The van der Waals surface area contributed by atoms with Crippen molar-refractivity contribution >= 4 is 25.7 Å². The Kier molecular flexibility index (Phi) is 41.8. The average Bonchev–Trinajstić information content (AvgIpc) is 3.11. The van der Waals surface area contributed by atoms with Gasteiger partial charge in [0.15, 0.2) is 6.10 Å². The summed E-state index contributed by atoms with van der Waals surface area (Å²) in [4.78, 5) is 48.9. The number of rotatable bonds is 38. The molecule has 60 heavy (non-hydrogen) atoms. The molecule has 0 aliphatic carbocycles. The van der Waals surface area contributed by atoms with Gasteiger partial charge in [0.2, 0.25) is 0 Å². The van der Waals surface area contributed by atoms with Crippen LogP contribution in [0.2, 0.25) is 0 Å². The molecule has 14 heteroatoms. The molecule has 9 atom stereocenters. The third kappa shape index (κ3) is 40.0. The van der Waals surface area contributed by atoms with E-state index in [4.69, 9.17) is 19.7 Å². The SMILES string of the molecule is CC(C)CCCC(C)CCCC(C)CCCC(C)CC(=O)OCC(COP(=O)([O-])OCC(N)C(=O)[O-])OC(=O)CC(C)CCCC(C)CCCC(C)CCCC(C)C.[Na+].[Na+]. The molecule has 11 nitrogen and oxygen atoms in total. The van der Waals surface area contributed by atoms with E-state index in [9.17, 15) is 28.9 Å². The molecule has 0 spiro atoms. The van der Waals surface area contributed by atoms with Crippen LogP contribution in [0.25, 0.3) is 0 Å². The number of carbonyl (C=O) groups excluding carboxylic acids is 3. The van der Waals surface area contributed by atoms with Crippen molar-refractivity contribution in [2.45, 2.75) is 210 Å². The Morgan fingerprint density at radius 3 is 1.17 bits per heavy atom. The quantitative estimate of drug-likeness (QED) is 0.0540. The Hall–Kier alpha value is 0.480. The summed E-state index contributed by atoms with van der Waals surface area (Å²) < 4.78 is 32.8. The summed E-state index contributed by atoms with van der Waals surface area (Å²) in [5, 5.41) is 10.9. The number of hydrogen-bond acceptors (Lipinski definition) is 11. The number of esters is 2. The summed E-state index contributed by atoms with van der Waals surface area (Å²) in [5.74, 6) is 1.74. The van der Waals surface area contributed by atoms with Crippen LogP contribution in [0.3, 0.4) is 0 Å². The first-order chi connectivity index (χ1) is 27.2. The molecule has 0 aromatic carbocycles. The van der Waals surface area contributed by atoms with Crippen LogP contribution in [0.15, 0.2) is 0 Å². The fraction of sp³-hybridized carbons (Fsp3) is 0.935. The Labute approximate surface area is 411 Å². The van der Waals surface area contributed by atoms with E-state index in [1.807, 2.05) is 13.8 Å². The van der Waals surface area contributed by atoms with Gasteiger partial charge >= 0.3 is 71.1 Å². The second-order valence-electron chi connectivity index (χ2n) is 19.2. The van der Waals surface area contributed by atoms with Crippen molar-refractivity contribution in [3.8, 4) is 0 Å². The molecule has 0 aromatic heterocycles. The van der Waals surface area contributed by atoms with Gasteiger partial charge in [-0.2, -0.15) is 0 Å². The molecule has 0 aliphatic rings. The van der Waals surface area contributed by atoms with Crippen molar-refractivity contribution in [1.29, 1.82) is 0 Å². The van der Waals surface area contributed by atoms with Gasteiger partial charge in [-0.15, -0.1) is 0 Å². The first-order valence-corrected chi connectivity index (χ1v) is 24.6. The minimum absolute atomic E-state index is 0. The van der Waals surface area contributed by atoms with Crippen LogP contribution in [0.1, 0.15) is 198 Å². The molecule has 0 saturated carbocycles. The van der Waals surface area contributed by atoms with Gasteiger partial charge in [-0.05, 0) is 47.3 Å². The van der Waals surface area contributed by atoms with Gasteiger partial charge < -0.3 is 39.0 Å². The molecule has 0 heterocycles. The van der Waals surface area contributed by atoms with Crippen LogP contribution in [0.4, 0.5) is 0 Å². The molecular weight excluding hydrogens is 803 g/mol. The number of carboxylic acid groups (broad SMARTS) is 1. The summed E-state index contributed by atoms with van der Waals surface area (Å²) in [6.45, 7) is 20.5. The number of phosphoric acid groups is 1. The molecule has 0 fully saturated rings. The van der Waals surface area contributed by atoms with Crippen molar-refractivity contribution in [2.24, 2.45) is 53.1 Å². The van der Waals surface area contributed by atoms with Gasteiger partial charge in [0.05, 0.1) is 25.2 Å². The van der Waals surface area contributed by atoms with Gasteiger partial charge in [-0.1, -0.05) is 185 Å². The first kappa shape index (κ1) is 64.8. The molecule has 0 saturated heterocycles. The monoisotopic (exact) mass is 892 g/mol. The van der Waals surface area contributed by atoms with Crippen LogP contribution in [-0.2, 0) is 37.5 Å². The zero-order valence-corrected chi connectivity index (χ0v) is 45.5. The second kappa shape index (κ2) is 38.7. The molecule has 0 rings (SSSR count). The van der Waals surface area contributed by atoms with Crippen LogP contribution in [-0.4, -0.2) is 49.9 Å². The number of aliphatic carboxylic acids is 1. The Morgan fingerprint density at radius 1 is 0.500 bits per heavy atom. The standard InChI is InChI=1S/C46H90NO10P.2Na/c1-34(2)17-11-19-36(5)21-13-23-38(7)25-15-27-40(9)29-44(48)54-31-42(32-55-58(52,53)56-33-43(47)46(50)51)57-45(49)30-41(10)28-16-26-39(8)24-14-22-37(6)20-12-18-35(3)4;;/h34-43H,11-33,47H2,1-10H3,(H,50,51)(H,52,53);;/q;2*+1/p-2. The van der Waals surface area contributed by atoms with E-state index in [2.05, 4.69) is 59.9 Å². The molecule has 0 bridgehead atoms. The maximum Gasteiger partial charge on any atom is 1.00 e. The Morgan fingerprint density at radius 2 is 0.817 bits per heavy atom. The predicted molar refractivity (Wildman–Crippen MR) is 230 cm³/mol. The second-order valence-corrected chi connectivity index (χ2v) is 20.6. The van der Waals surface area contributed by atoms with Crippen LogP contribution in [0.5, 0.6) is 0 Å². The molecule has 0 aromatic rings. The number of phosphoric ester groups is 1. The van der Waals surface area contributed by atoms with E-state index in [1.54, 1.807) is 0 Å². The van der Waals surface area contributed by atoms with Crippen molar-refractivity contribution < 1.29 is 107 Å². The molecule has 2 N–H and O–H groups in total. The van der Waals surface area contributed by atoms with Crippen molar-refractivity contribution in [3.05, 3.63) is 0 Å². The van der Waals surface area contributed by atoms with E-state index >= 15 is 0 Å². The van der Waals surface area contributed by atoms with Crippen LogP contribution in [0, 0.1) is 47.3 Å². The zero-order valence-electron chi connectivity index (χ0n) is 40.6. The average molecular weight is 892 g/mol. The number of ether oxygens (including phenoxy) is 2. The summed E-state index contributed by atoms with van der Waals surface area (Å²) in [5.41, 5.74) is 5.28. The normalized spacial score (nSPS) is 16.6. The van der Waals surface area contributed by atoms with Gasteiger partial charge in [0.1, 0.15) is 6.61 Å². The van der Waals surface area contributed by atoms with Gasteiger partial charge in [-0.3, -0.25) is 14.2 Å². The Bertz CT molecular complexity index is 1130. The minimum Gasteiger partial charge on any atom is -0.756 e. The first-order valence-electron chi connectivity index (χ1n) is 23.1. The number of carbonyl (C=O) groups is 3. The summed E-state index contributed by atoms with van der Waals surface area (Å²) in [7, 11) is -5.02. The van der Waals surface area contributed by atoms with Crippen molar-refractivity contribution in [3.63, 3.8) is 0 Å². The Balaban J connectivity index is -0.0000162. The van der Waals surface area contributed by atoms with E-state index in [-0.39, 0.29) is 83.8 Å². The fourth-order valence-electron chi connectivity index (χ4n) is 7.41. The van der Waals surface area contributed by atoms with Crippen LogP contribution >= 0.6 is 7.82 Å². The summed E-state index contributed by atoms with van der Waals surface area (Å²) in [6.07, 6.45) is 20.3. The van der Waals surface area contributed by atoms with E-state index in [0.717, 1.165) is 62.2 Å². The molecule has 0 amide bonds. The molecular formula is C46H88NNa2O10P. The number of hydrogen-bond donors (Lipinski definition) is 1. The van der Waals surface area contributed by atoms with Crippen LogP contribution < -0.4 is 74.8 Å². The van der Waals surface area contributed by atoms with Crippen molar-refractivity contribution in [2.75, 3.05) is 19.8 Å². The zero-order chi connectivity index (χ0) is 44.1. The topological polar surface area (TPSA) is 177 Å². The van der Waals surface area contributed by atoms with E-state index < -0.39 is 57.7 Å². The fourth-order valence-corrected chi connectivity index (χ4v) is 8.17. The third-order valence-electron chi connectivity index (χ3n) is 11.4. The predicted octanol–water partition coefficient (Wildman–Crippen LogP) is 3.96. The van der Waals surface area contributed by atoms with Gasteiger partial charge in [0, 0.05) is 12.8 Å². The van der Waals surface area contributed by atoms with E-state index in [1.165, 1.54) is 77.0 Å². The third-order valence-corrected chi connectivity index (χ3v) is 12.4. The van der Waals surface area contributed by atoms with Crippen molar-refractivity contribution in [1.82, 2.24) is 0 Å². The maximum absolute atomic E-state index is 13.0.